The molecule has 1 fully saturated rings. The van der Waals surface area contributed by atoms with Crippen molar-refractivity contribution in [2.45, 2.75) is 12.8 Å². The molecule has 0 aliphatic carbocycles. The highest BCUT2D eigenvalue weighted by molar-refractivity contribution is 5.70. The molecule has 0 spiro atoms. The van der Waals surface area contributed by atoms with Gasteiger partial charge in [0.15, 0.2) is 0 Å². The summed E-state index contributed by atoms with van der Waals surface area (Å²) in [5.74, 6) is -4.40. The lowest BCUT2D eigenvalue weighted by atomic mass is 10.0. The summed E-state index contributed by atoms with van der Waals surface area (Å²) < 4.78 is 0. The zero-order valence-corrected chi connectivity index (χ0v) is 15.6. The van der Waals surface area contributed by atoms with Crippen molar-refractivity contribution in [3.8, 4) is 0 Å². The monoisotopic (exact) mass is 404 g/mol. The molecule has 0 aromatic heterocycles. The summed E-state index contributed by atoms with van der Waals surface area (Å²) in [4.78, 5) is 47.6. The predicted octanol–water partition coefficient (Wildman–Crippen LogP) is -1.85. The molecule has 1 unspecified atom stereocenters. The molecule has 0 aromatic carbocycles. The van der Waals surface area contributed by atoms with Gasteiger partial charge in [-0.1, -0.05) is 0 Å². The lowest BCUT2D eigenvalue weighted by Gasteiger charge is -2.31. The van der Waals surface area contributed by atoms with Gasteiger partial charge in [-0.15, -0.1) is 0 Å². The van der Waals surface area contributed by atoms with Crippen molar-refractivity contribution in [3.63, 3.8) is 0 Å². The van der Waals surface area contributed by atoms with E-state index < -0.39 is 23.9 Å². The lowest BCUT2D eigenvalue weighted by molar-refractivity contribution is -0.141. The van der Waals surface area contributed by atoms with E-state index in [9.17, 15) is 19.2 Å². The van der Waals surface area contributed by atoms with Crippen LogP contribution in [-0.4, -0.2) is 118 Å². The first kappa shape index (κ1) is 23.8. The molecule has 1 atom stereocenters. The molecular weight excluding hydrogens is 376 g/mol. The Morgan fingerprint density at radius 3 is 1.71 bits per heavy atom. The van der Waals surface area contributed by atoms with Crippen LogP contribution in [0.3, 0.4) is 0 Å². The van der Waals surface area contributed by atoms with Gasteiger partial charge in [0.1, 0.15) is 6.54 Å². The summed E-state index contributed by atoms with van der Waals surface area (Å²) in [5, 5.41) is 37.7. The Kier molecular flexibility index (Phi) is 10.4. The van der Waals surface area contributed by atoms with E-state index in [4.69, 9.17) is 20.4 Å². The topological polar surface area (TPSA) is 171 Å². The highest BCUT2D eigenvalue weighted by atomic mass is 16.4. The average molecular weight is 404 g/mol. The van der Waals surface area contributed by atoms with Gasteiger partial charge in [0.05, 0.1) is 13.1 Å². The number of carboxylic acids is 4. The van der Waals surface area contributed by atoms with Crippen molar-refractivity contribution in [1.29, 1.82) is 0 Å². The average Bonchev–Trinajstić information content (AvgIpc) is 2.55. The normalized spacial score (nSPS) is 21.4. The number of hydrazine groups is 1. The van der Waals surface area contributed by atoms with Crippen LogP contribution in [0.15, 0.2) is 0 Å². The Bertz CT molecular complexity index is 447. The Labute approximate surface area is 162 Å². The van der Waals surface area contributed by atoms with Gasteiger partial charge >= 0.3 is 23.9 Å². The lowest BCUT2D eigenvalue weighted by Crippen LogP contribution is -2.50. The zero-order chi connectivity index (χ0) is 21.1. The molecule has 1 heterocycles. The molecule has 1 aliphatic rings. The number of carboxylic acid groups (broad SMARTS) is 4. The van der Waals surface area contributed by atoms with Gasteiger partial charge in [0.25, 0.3) is 0 Å². The second-order valence-corrected chi connectivity index (χ2v) is 6.77. The van der Waals surface area contributed by atoms with Gasteiger partial charge in [-0.3, -0.25) is 34.4 Å². The van der Waals surface area contributed by atoms with Crippen LogP contribution in [0.2, 0.25) is 0 Å². The minimum absolute atomic E-state index is 0.125. The van der Waals surface area contributed by atoms with Gasteiger partial charge in [-0.25, -0.2) is 5.01 Å². The van der Waals surface area contributed by atoms with Gasteiger partial charge in [0, 0.05) is 39.1 Å². The predicted molar refractivity (Wildman–Crippen MR) is 95.7 cm³/mol. The summed E-state index contributed by atoms with van der Waals surface area (Å²) in [6, 6.07) is 0. The van der Waals surface area contributed by atoms with E-state index in [1.807, 2.05) is 0 Å². The van der Waals surface area contributed by atoms with Crippen molar-refractivity contribution in [1.82, 2.24) is 20.2 Å². The van der Waals surface area contributed by atoms with Gasteiger partial charge in [-0.2, -0.15) is 0 Å². The van der Waals surface area contributed by atoms with Crippen LogP contribution in [0.5, 0.6) is 0 Å². The minimum atomic E-state index is -1.06. The molecule has 12 heteroatoms. The number of carbonyl (C=O) groups is 4. The quantitative estimate of drug-likeness (QED) is 0.306. The Morgan fingerprint density at radius 1 is 0.714 bits per heavy atom. The van der Waals surface area contributed by atoms with E-state index in [0.29, 0.717) is 26.1 Å². The Hall–Kier alpha value is -2.28. The third-order valence-corrected chi connectivity index (χ3v) is 4.38. The minimum Gasteiger partial charge on any atom is -0.481 e. The first-order valence-electron chi connectivity index (χ1n) is 8.96. The smallest absolute Gasteiger partial charge is 0.319 e. The summed E-state index contributed by atoms with van der Waals surface area (Å²) in [6.45, 7) is 0.866. The van der Waals surface area contributed by atoms with E-state index in [1.165, 1.54) is 5.01 Å². The molecule has 1 rings (SSSR count). The second kappa shape index (κ2) is 12.2. The first-order chi connectivity index (χ1) is 13.2. The molecule has 12 nitrogen and oxygen atoms in total. The van der Waals surface area contributed by atoms with Crippen LogP contribution >= 0.6 is 0 Å². The highest BCUT2D eigenvalue weighted by Crippen LogP contribution is 2.11. The molecule has 5 N–H and O–H groups in total. The third kappa shape index (κ3) is 10.8. The molecule has 28 heavy (non-hydrogen) atoms. The number of aliphatic carboxylic acids is 4. The van der Waals surface area contributed by atoms with Crippen LogP contribution < -0.4 is 5.43 Å². The standard InChI is InChI=1S/C16H28N4O8/c21-13(22)7-12-1-2-18(9-14(23)24)3-4-19(10-15(25)26)5-6-20(17-8-12)11-16(27)28/h12,17H,1-11H2,(H,21,22)(H,23,24)(H,25,26)(H,27,28). The van der Waals surface area contributed by atoms with Crippen LogP contribution in [-0.2, 0) is 19.2 Å². The van der Waals surface area contributed by atoms with Gasteiger partial charge in [-0.05, 0) is 18.9 Å². The number of rotatable bonds is 8. The second-order valence-electron chi connectivity index (χ2n) is 6.77. The maximum absolute atomic E-state index is 11.1. The first-order valence-corrected chi connectivity index (χ1v) is 8.96. The SMILES string of the molecule is O=C(O)CC1CCN(CC(=O)O)CCN(CC(=O)O)CCN(CC(=O)O)NC1. The fourth-order valence-electron chi connectivity index (χ4n) is 2.99. The van der Waals surface area contributed by atoms with Gasteiger partial charge < -0.3 is 20.4 Å². The molecule has 1 saturated heterocycles. The Balaban J connectivity index is 2.90. The van der Waals surface area contributed by atoms with E-state index in [2.05, 4.69) is 5.43 Å². The summed E-state index contributed by atoms with van der Waals surface area (Å²) in [5.41, 5.74) is 2.93. The number of nitrogens with zero attached hydrogens (tertiary/aromatic N) is 3. The van der Waals surface area contributed by atoms with Crippen molar-refractivity contribution in [2.24, 2.45) is 5.92 Å². The molecule has 0 amide bonds. The van der Waals surface area contributed by atoms with Crippen molar-refractivity contribution < 1.29 is 39.6 Å². The van der Waals surface area contributed by atoms with Crippen molar-refractivity contribution in [2.75, 3.05) is 58.9 Å². The Morgan fingerprint density at radius 2 is 1.21 bits per heavy atom. The third-order valence-electron chi connectivity index (χ3n) is 4.38. The molecule has 1 aliphatic heterocycles. The van der Waals surface area contributed by atoms with Crippen molar-refractivity contribution >= 4 is 23.9 Å². The van der Waals surface area contributed by atoms with E-state index >= 15 is 0 Å². The maximum Gasteiger partial charge on any atom is 0.319 e. The van der Waals surface area contributed by atoms with Gasteiger partial charge in [0.2, 0.25) is 0 Å². The number of hydrogen-bond donors (Lipinski definition) is 5. The van der Waals surface area contributed by atoms with Crippen LogP contribution in [0, 0.1) is 5.92 Å². The molecule has 0 aromatic rings. The van der Waals surface area contributed by atoms with E-state index in [0.717, 1.165) is 0 Å². The van der Waals surface area contributed by atoms with Crippen LogP contribution in [0.25, 0.3) is 0 Å². The molecule has 160 valence electrons. The van der Waals surface area contributed by atoms with Crippen molar-refractivity contribution in [3.05, 3.63) is 0 Å². The highest BCUT2D eigenvalue weighted by Gasteiger charge is 2.21. The summed E-state index contributed by atoms with van der Waals surface area (Å²) in [6.07, 6.45) is 0.284. The van der Waals surface area contributed by atoms with Crippen LogP contribution in [0.1, 0.15) is 12.8 Å². The van der Waals surface area contributed by atoms with Crippen LogP contribution in [0.4, 0.5) is 0 Å². The van der Waals surface area contributed by atoms with E-state index in [1.54, 1.807) is 9.80 Å². The maximum atomic E-state index is 11.1. The molecule has 0 radical (unpaired) electrons. The number of hydrogen-bond acceptors (Lipinski definition) is 8. The number of nitrogens with one attached hydrogen (secondary N) is 1. The molecular formula is C16H28N4O8. The zero-order valence-electron chi connectivity index (χ0n) is 15.6. The fourth-order valence-corrected chi connectivity index (χ4v) is 2.99. The summed E-state index contributed by atoms with van der Waals surface area (Å²) in [7, 11) is 0. The molecule has 0 saturated carbocycles. The fraction of sp³-hybridized carbons (Fsp3) is 0.750. The summed E-state index contributed by atoms with van der Waals surface area (Å²) >= 11 is 0. The molecule has 0 bridgehead atoms. The van der Waals surface area contributed by atoms with E-state index in [-0.39, 0.29) is 51.6 Å². The largest absolute Gasteiger partial charge is 0.481 e.